The summed E-state index contributed by atoms with van der Waals surface area (Å²) in [6, 6.07) is 0.133. The first-order valence-corrected chi connectivity index (χ1v) is 4.90. The van der Waals surface area contributed by atoms with Crippen LogP contribution in [0.3, 0.4) is 0 Å². The topological polar surface area (TPSA) is 49.9 Å². The zero-order valence-electron chi connectivity index (χ0n) is 8.29. The molecule has 0 radical (unpaired) electrons. The Labute approximate surface area is 83.4 Å². The van der Waals surface area contributed by atoms with E-state index in [0.29, 0.717) is 0 Å². The highest BCUT2D eigenvalue weighted by Crippen LogP contribution is 2.24. The molecule has 0 fully saturated rings. The monoisotopic (exact) mass is 193 g/mol. The number of aromatic amines is 1. The molecule has 1 atom stereocenters. The van der Waals surface area contributed by atoms with Crippen LogP contribution in [0.25, 0.3) is 0 Å². The maximum Gasteiger partial charge on any atom is 0.114 e. The molecule has 2 heterocycles. The van der Waals surface area contributed by atoms with Crippen LogP contribution in [-0.4, -0.2) is 23.9 Å². The van der Waals surface area contributed by atoms with Crippen LogP contribution in [0.2, 0.25) is 0 Å². The minimum atomic E-state index is 0.133. The molecule has 0 bridgehead atoms. The van der Waals surface area contributed by atoms with E-state index >= 15 is 0 Å². The van der Waals surface area contributed by atoms with E-state index in [0.717, 1.165) is 30.8 Å². The Kier molecular flexibility index (Phi) is 2.84. The highest BCUT2D eigenvalue weighted by molar-refractivity contribution is 5.20. The van der Waals surface area contributed by atoms with E-state index in [1.54, 1.807) is 0 Å². The first-order chi connectivity index (χ1) is 6.92. The van der Waals surface area contributed by atoms with Crippen molar-refractivity contribution >= 4 is 0 Å². The van der Waals surface area contributed by atoms with Crippen molar-refractivity contribution in [3.63, 3.8) is 0 Å². The third-order valence-corrected chi connectivity index (χ3v) is 2.39. The molecule has 76 valence electrons. The van der Waals surface area contributed by atoms with Gasteiger partial charge in [-0.1, -0.05) is 0 Å². The first kappa shape index (κ1) is 9.27. The second-order valence-corrected chi connectivity index (χ2v) is 3.35. The molecular formula is C10H15N3O. The second-order valence-electron chi connectivity index (χ2n) is 3.35. The Morgan fingerprint density at radius 1 is 1.64 bits per heavy atom. The molecule has 1 aromatic heterocycles. The Morgan fingerprint density at radius 2 is 2.57 bits per heavy atom. The normalized spacial score (nSPS) is 18.5. The summed E-state index contributed by atoms with van der Waals surface area (Å²) in [6.45, 7) is 0.821. The maximum absolute atomic E-state index is 5.61. The first-order valence-electron chi connectivity index (χ1n) is 4.90. The molecule has 0 saturated heterocycles. The molecule has 0 aliphatic carbocycles. The lowest BCUT2D eigenvalue weighted by molar-refractivity contribution is 0.169. The Hall–Kier alpha value is -1.29. The molecule has 4 heteroatoms. The fourth-order valence-electron chi connectivity index (χ4n) is 1.67. The van der Waals surface area contributed by atoms with Crippen molar-refractivity contribution in [2.45, 2.75) is 18.9 Å². The minimum Gasteiger partial charge on any atom is -0.496 e. The average molecular weight is 193 g/mol. The predicted octanol–water partition coefficient (Wildman–Crippen LogP) is 1.36. The summed E-state index contributed by atoms with van der Waals surface area (Å²) in [5, 5.41) is 9.97. The van der Waals surface area contributed by atoms with Crippen LogP contribution in [0, 0.1) is 0 Å². The minimum absolute atomic E-state index is 0.133. The van der Waals surface area contributed by atoms with Crippen LogP contribution in [-0.2, 0) is 4.74 Å². The molecule has 0 amide bonds. The summed E-state index contributed by atoms with van der Waals surface area (Å²) in [4.78, 5) is 0. The maximum atomic E-state index is 5.61. The van der Waals surface area contributed by atoms with E-state index in [1.807, 2.05) is 19.4 Å². The number of nitrogens with zero attached hydrogens (tertiary/aromatic N) is 1. The number of hydrogen-bond acceptors (Lipinski definition) is 3. The molecular weight excluding hydrogens is 178 g/mol. The van der Waals surface area contributed by atoms with Crippen molar-refractivity contribution in [3.8, 4) is 0 Å². The molecule has 14 heavy (non-hydrogen) atoms. The van der Waals surface area contributed by atoms with Crippen molar-refractivity contribution < 1.29 is 4.74 Å². The number of H-pyrrole nitrogens is 1. The van der Waals surface area contributed by atoms with Gasteiger partial charge in [0.25, 0.3) is 0 Å². The van der Waals surface area contributed by atoms with Gasteiger partial charge in [0, 0.05) is 11.8 Å². The Balaban J connectivity index is 2.16. The van der Waals surface area contributed by atoms with Crippen molar-refractivity contribution in [2.75, 3.05) is 13.7 Å². The lowest BCUT2D eigenvalue weighted by Crippen LogP contribution is -2.21. The van der Waals surface area contributed by atoms with E-state index in [1.165, 1.54) is 0 Å². The van der Waals surface area contributed by atoms with E-state index in [-0.39, 0.29) is 6.04 Å². The van der Waals surface area contributed by atoms with Crippen LogP contribution in [0.5, 0.6) is 0 Å². The molecule has 1 aromatic rings. The van der Waals surface area contributed by atoms with Crippen LogP contribution in [0.4, 0.5) is 0 Å². The zero-order valence-corrected chi connectivity index (χ0v) is 8.29. The molecule has 4 nitrogen and oxygen atoms in total. The summed E-state index contributed by atoms with van der Waals surface area (Å²) in [5.41, 5.74) is 1.11. The number of aromatic nitrogens is 2. The third-order valence-electron chi connectivity index (χ3n) is 2.39. The van der Waals surface area contributed by atoms with E-state index in [9.17, 15) is 0 Å². The van der Waals surface area contributed by atoms with E-state index in [4.69, 9.17) is 4.74 Å². The lowest BCUT2D eigenvalue weighted by Gasteiger charge is -2.22. The number of ether oxygens (including phenoxy) is 1. The van der Waals surface area contributed by atoms with E-state index in [2.05, 4.69) is 21.6 Å². The van der Waals surface area contributed by atoms with Crippen LogP contribution in [0.1, 0.15) is 24.4 Å². The summed E-state index contributed by atoms with van der Waals surface area (Å²) < 4.78 is 5.61. The highest BCUT2D eigenvalue weighted by atomic mass is 16.5. The van der Waals surface area contributed by atoms with Gasteiger partial charge >= 0.3 is 0 Å². The van der Waals surface area contributed by atoms with Crippen molar-refractivity contribution in [3.05, 3.63) is 29.8 Å². The molecule has 0 spiro atoms. The standard InChI is InChI=1S/C10H15N3O/c1-11-10(8-6-12-13-7-8)9-4-2-3-5-14-9/h4,6-7,10-11H,2-3,5H2,1H3,(H,12,13). The molecule has 1 aliphatic rings. The van der Waals surface area contributed by atoms with Crippen molar-refractivity contribution in [1.82, 2.24) is 15.5 Å². The zero-order chi connectivity index (χ0) is 9.80. The summed E-state index contributed by atoms with van der Waals surface area (Å²) in [5.74, 6) is 1.01. The van der Waals surface area contributed by atoms with Gasteiger partial charge in [-0.05, 0) is 26.0 Å². The van der Waals surface area contributed by atoms with Gasteiger partial charge in [-0.15, -0.1) is 0 Å². The Bertz CT molecular complexity index is 305. The van der Waals surface area contributed by atoms with Crippen LogP contribution in [0.15, 0.2) is 24.2 Å². The summed E-state index contributed by atoms with van der Waals surface area (Å²) >= 11 is 0. The molecule has 2 N–H and O–H groups in total. The molecule has 0 aromatic carbocycles. The van der Waals surface area contributed by atoms with Crippen LogP contribution >= 0.6 is 0 Å². The number of allylic oxidation sites excluding steroid dienone is 1. The third kappa shape index (κ3) is 1.80. The predicted molar refractivity (Wildman–Crippen MR) is 53.7 cm³/mol. The fraction of sp³-hybridized carbons (Fsp3) is 0.500. The molecule has 2 rings (SSSR count). The molecule has 1 aliphatic heterocycles. The van der Waals surface area contributed by atoms with Gasteiger partial charge in [0.15, 0.2) is 0 Å². The second kappa shape index (κ2) is 4.28. The average Bonchev–Trinajstić information content (AvgIpc) is 2.74. The van der Waals surface area contributed by atoms with Gasteiger partial charge in [0.1, 0.15) is 5.76 Å². The van der Waals surface area contributed by atoms with Gasteiger partial charge in [-0.3, -0.25) is 5.10 Å². The number of hydrogen-bond donors (Lipinski definition) is 2. The smallest absolute Gasteiger partial charge is 0.114 e. The quantitative estimate of drug-likeness (QED) is 0.762. The van der Waals surface area contributed by atoms with Gasteiger partial charge in [0.05, 0.1) is 18.8 Å². The number of rotatable bonds is 3. The fourth-order valence-corrected chi connectivity index (χ4v) is 1.67. The lowest BCUT2D eigenvalue weighted by atomic mass is 10.1. The van der Waals surface area contributed by atoms with Gasteiger partial charge in [-0.25, -0.2) is 0 Å². The number of nitrogens with one attached hydrogen (secondary N) is 2. The van der Waals surface area contributed by atoms with Crippen molar-refractivity contribution in [1.29, 1.82) is 0 Å². The largest absolute Gasteiger partial charge is 0.496 e. The van der Waals surface area contributed by atoms with Crippen LogP contribution < -0.4 is 5.32 Å². The summed E-state index contributed by atoms with van der Waals surface area (Å²) in [7, 11) is 1.93. The molecule has 1 unspecified atom stereocenters. The summed E-state index contributed by atoms with van der Waals surface area (Å²) in [6.07, 6.45) is 8.08. The van der Waals surface area contributed by atoms with Gasteiger partial charge < -0.3 is 10.1 Å². The Morgan fingerprint density at radius 3 is 3.14 bits per heavy atom. The van der Waals surface area contributed by atoms with Gasteiger partial charge in [0.2, 0.25) is 0 Å². The number of likely N-dealkylation sites (N-methyl/N-ethyl adjacent to an activating group) is 1. The van der Waals surface area contributed by atoms with Gasteiger partial charge in [-0.2, -0.15) is 5.10 Å². The highest BCUT2D eigenvalue weighted by Gasteiger charge is 2.18. The molecule has 0 saturated carbocycles. The SMILES string of the molecule is CNC(C1=CCCCO1)c1cn[nH]c1. The van der Waals surface area contributed by atoms with Crippen molar-refractivity contribution in [2.24, 2.45) is 0 Å². The van der Waals surface area contributed by atoms with E-state index < -0.39 is 0 Å².